The predicted molar refractivity (Wildman–Crippen MR) is 78.7 cm³/mol. The number of hydrogen-bond acceptors (Lipinski definition) is 6. The Morgan fingerprint density at radius 2 is 2.18 bits per heavy atom. The van der Waals surface area contributed by atoms with Crippen molar-refractivity contribution in [2.24, 2.45) is 0 Å². The van der Waals surface area contributed by atoms with Crippen LogP contribution in [0.1, 0.15) is 48.3 Å². The van der Waals surface area contributed by atoms with E-state index >= 15 is 0 Å². The molecule has 0 saturated heterocycles. The molecule has 0 unspecified atom stereocenters. The van der Waals surface area contributed by atoms with E-state index in [9.17, 15) is 4.79 Å². The minimum atomic E-state index is -0.334. The topological polar surface area (TPSA) is 90.1 Å². The van der Waals surface area contributed by atoms with E-state index in [1.54, 1.807) is 25.3 Å². The summed E-state index contributed by atoms with van der Waals surface area (Å²) in [6.45, 7) is 1.68. The van der Waals surface area contributed by atoms with E-state index in [2.05, 4.69) is 20.4 Å². The molecule has 1 aliphatic carbocycles. The highest BCUT2D eigenvalue weighted by atomic mass is 16.5. The third-order valence-electron chi connectivity index (χ3n) is 3.58. The first-order valence-electron chi connectivity index (χ1n) is 7.45. The average Bonchev–Trinajstić information content (AvgIpc) is 2.93. The SMILES string of the molecule is Cc1noc(NC(=O)c2ccnc(OC3CCCCC3)c2)n1. The van der Waals surface area contributed by atoms with E-state index in [1.165, 1.54) is 19.3 Å². The highest BCUT2D eigenvalue weighted by Gasteiger charge is 2.17. The Kier molecular flexibility index (Phi) is 4.32. The number of aromatic nitrogens is 3. The van der Waals surface area contributed by atoms with Crippen LogP contribution in [0.4, 0.5) is 6.01 Å². The van der Waals surface area contributed by atoms with Crippen molar-refractivity contribution < 1.29 is 14.1 Å². The molecule has 0 radical (unpaired) electrons. The molecule has 0 aromatic carbocycles. The van der Waals surface area contributed by atoms with Crippen LogP contribution in [0, 0.1) is 6.92 Å². The second kappa shape index (κ2) is 6.55. The molecule has 0 bridgehead atoms. The van der Waals surface area contributed by atoms with Crippen LogP contribution >= 0.6 is 0 Å². The molecule has 1 N–H and O–H groups in total. The van der Waals surface area contributed by atoms with Crippen molar-refractivity contribution in [2.75, 3.05) is 5.32 Å². The van der Waals surface area contributed by atoms with Gasteiger partial charge in [-0.25, -0.2) is 4.98 Å². The fraction of sp³-hybridized carbons (Fsp3) is 0.467. The molecule has 22 heavy (non-hydrogen) atoms. The number of carbonyl (C=O) groups excluding carboxylic acids is 1. The molecule has 2 aromatic rings. The lowest BCUT2D eigenvalue weighted by atomic mass is 9.98. The van der Waals surface area contributed by atoms with Crippen molar-refractivity contribution in [3.05, 3.63) is 29.7 Å². The minimum absolute atomic E-state index is 0.0778. The zero-order valence-electron chi connectivity index (χ0n) is 12.4. The molecule has 3 rings (SSSR count). The van der Waals surface area contributed by atoms with E-state index in [-0.39, 0.29) is 18.0 Å². The Morgan fingerprint density at radius 3 is 2.91 bits per heavy atom. The molecule has 1 fully saturated rings. The molecule has 7 heteroatoms. The second-order valence-electron chi connectivity index (χ2n) is 5.36. The lowest BCUT2D eigenvalue weighted by molar-refractivity contribution is 0.102. The summed E-state index contributed by atoms with van der Waals surface area (Å²) in [6, 6.07) is 3.33. The fourth-order valence-electron chi connectivity index (χ4n) is 2.49. The summed E-state index contributed by atoms with van der Waals surface area (Å²) in [7, 11) is 0. The number of pyridine rings is 1. The maximum absolute atomic E-state index is 12.1. The highest BCUT2D eigenvalue weighted by Crippen LogP contribution is 2.22. The number of carbonyl (C=O) groups is 1. The van der Waals surface area contributed by atoms with E-state index in [4.69, 9.17) is 9.26 Å². The van der Waals surface area contributed by atoms with Crippen molar-refractivity contribution in [1.82, 2.24) is 15.1 Å². The van der Waals surface area contributed by atoms with Gasteiger partial charge in [0.1, 0.15) is 6.10 Å². The molecule has 7 nitrogen and oxygen atoms in total. The Morgan fingerprint density at radius 1 is 1.36 bits per heavy atom. The summed E-state index contributed by atoms with van der Waals surface area (Å²) in [5.74, 6) is 0.604. The second-order valence-corrected chi connectivity index (χ2v) is 5.36. The molecule has 0 spiro atoms. The molecule has 2 heterocycles. The van der Waals surface area contributed by atoms with E-state index in [0.717, 1.165) is 12.8 Å². The van der Waals surface area contributed by atoms with Gasteiger partial charge >= 0.3 is 6.01 Å². The molecule has 1 aliphatic rings. The van der Waals surface area contributed by atoms with Crippen molar-refractivity contribution in [2.45, 2.75) is 45.1 Å². The standard InChI is InChI=1S/C15H18N4O3/c1-10-17-15(22-19-10)18-14(20)11-7-8-16-13(9-11)21-12-5-3-2-4-6-12/h7-9,12H,2-6H2,1H3,(H,17,18,19,20). The monoisotopic (exact) mass is 302 g/mol. The van der Waals surface area contributed by atoms with Crippen molar-refractivity contribution in [3.8, 4) is 5.88 Å². The summed E-state index contributed by atoms with van der Waals surface area (Å²) in [4.78, 5) is 20.3. The van der Waals surface area contributed by atoms with Gasteiger partial charge in [0, 0.05) is 17.8 Å². The first kappa shape index (κ1) is 14.5. The third-order valence-corrected chi connectivity index (χ3v) is 3.58. The Bertz CT molecular complexity index is 650. The Hall–Kier alpha value is -2.44. The van der Waals surface area contributed by atoms with Gasteiger partial charge in [0.05, 0.1) is 0 Å². The van der Waals surface area contributed by atoms with Gasteiger partial charge in [-0.1, -0.05) is 11.6 Å². The van der Waals surface area contributed by atoms with Gasteiger partial charge < -0.3 is 9.26 Å². The minimum Gasteiger partial charge on any atom is -0.474 e. The normalized spacial score (nSPS) is 15.5. The van der Waals surface area contributed by atoms with Crippen LogP contribution < -0.4 is 10.1 Å². The first-order valence-corrected chi connectivity index (χ1v) is 7.45. The van der Waals surface area contributed by atoms with Crippen molar-refractivity contribution in [1.29, 1.82) is 0 Å². The van der Waals surface area contributed by atoms with Gasteiger partial charge in [0.15, 0.2) is 5.82 Å². The number of aryl methyl sites for hydroxylation is 1. The van der Waals surface area contributed by atoms with Gasteiger partial charge in [-0.2, -0.15) is 4.98 Å². The number of hydrogen-bond donors (Lipinski definition) is 1. The summed E-state index contributed by atoms with van der Waals surface area (Å²) < 4.78 is 10.7. The maximum Gasteiger partial charge on any atom is 0.328 e. The van der Waals surface area contributed by atoms with Crippen LogP contribution in [0.15, 0.2) is 22.9 Å². The number of anilines is 1. The Labute approximate surface area is 128 Å². The molecular weight excluding hydrogens is 284 g/mol. The van der Waals surface area contributed by atoms with Gasteiger partial charge in [-0.15, -0.1) is 0 Å². The lowest BCUT2D eigenvalue weighted by Gasteiger charge is -2.22. The van der Waals surface area contributed by atoms with E-state index in [0.29, 0.717) is 17.3 Å². The van der Waals surface area contributed by atoms with E-state index < -0.39 is 0 Å². The van der Waals surface area contributed by atoms with Crippen molar-refractivity contribution in [3.63, 3.8) is 0 Å². The quantitative estimate of drug-likeness (QED) is 0.934. The maximum atomic E-state index is 12.1. The molecule has 1 saturated carbocycles. The van der Waals surface area contributed by atoms with Crippen LogP contribution in [0.5, 0.6) is 5.88 Å². The number of rotatable bonds is 4. The summed E-state index contributed by atoms with van der Waals surface area (Å²) in [6.07, 6.45) is 7.46. The Balaban J connectivity index is 1.66. The summed E-state index contributed by atoms with van der Waals surface area (Å²) >= 11 is 0. The highest BCUT2D eigenvalue weighted by molar-refractivity contribution is 6.03. The van der Waals surface area contributed by atoms with Crippen LogP contribution in [-0.2, 0) is 0 Å². The van der Waals surface area contributed by atoms with Crippen molar-refractivity contribution >= 4 is 11.9 Å². The molecule has 116 valence electrons. The van der Waals surface area contributed by atoms with E-state index in [1.807, 2.05) is 0 Å². The van der Waals surface area contributed by atoms with Gasteiger partial charge in [0.25, 0.3) is 5.91 Å². The molecule has 0 atom stereocenters. The number of ether oxygens (including phenoxy) is 1. The van der Waals surface area contributed by atoms with Crippen LogP contribution in [0.3, 0.4) is 0 Å². The fourth-order valence-corrected chi connectivity index (χ4v) is 2.49. The number of amides is 1. The van der Waals surface area contributed by atoms with Crippen LogP contribution in [-0.4, -0.2) is 27.1 Å². The lowest BCUT2D eigenvalue weighted by Crippen LogP contribution is -2.20. The predicted octanol–water partition coefficient (Wildman–Crippen LogP) is 2.74. The molecule has 0 aliphatic heterocycles. The molecule has 1 amide bonds. The van der Waals surface area contributed by atoms with Crippen LogP contribution in [0.25, 0.3) is 0 Å². The average molecular weight is 302 g/mol. The first-order chi connectivity index (χ1) is 10.7. The van der Waals surface area contributed by atoms with Gasteiger partial charge in [-0.05, 0) is 38.7 Å². The molecule has 2 aromatic heterocycles. The summed E-state index contributed by atoms with van der Waals surface area (Å²) in [5, 5.41) is 6.17. The zero-order chi connectivity index (χ0) is 15.4. The largest absolute Gasteiger partial charge is 0.474 e. The zero-order valence-corrected chi connectivity index (χ0v) is 12.4. The van der Waals surface area contributed by atoms with Gasteiger partial charge in [0.2, 0.25) is 5.88 Å². The molecular formula is C15H18N4O3. The van der Waals surface area contributed by atoms with Gasteiger partial charge in [-0.3, -0.25) is 10.1 Å². The summed E-state index contributed by atoms with van der Waals surface area (Å²) in [5.41, 5.74) is 0.441. The third kappa shape index (κ3) is 3.60. The number of nitrogens with one attached hydrogen (secondary N) is 1. The van der Waals surface area contributed by atoms with Crippen LogP contribution in [0.2, 0.25) is 0 Å². The number of nitrogens with zero attached hydrogens (tertiary/aromatic N) is 3. The smallest absolute Gasteiger partial charge is 0.328 e.